The second kappa shape index (κ2) is 5.08. The van der Waals surface area contributed by atoms with Gasteiger partial charge in [0.1, 0.15) is 11.5 Å². The largest absolute Gasteiger partial charge is 1.00 e. The molecule has 4 nitrogen and oxygen atoms in total. The maximum atomic E-state index is 10.3. The molecule has 0 aromatic heterocycles. The van der Waals surface area contributed by atoms with Crippen LogP contribution in [0.15, 0.2) is 18.2 Å². The highest BCUT2D eigenvalue weighted by atomic mass is 79.9. The van der Waals surface area contributed by atoms with Crippen LogP contribution in [0.5, 0.6) is 5.75 Å². The first-order chi connectivity index (χ1) is 5.65. The van der Waals surface area contributed by atoms with E-state index < -0.39 is 4.92 Å². The summed E-state index contributed by atoms with van der Waals surface area (Å²) in [5.41, 5.74) is 0.502. The first kappa shape index (κ1) is 12.2. The summed E-state index contributed by atoms with van der Waals surface area (Å²) < 4.78 is 0. The lowest BCUT2D eigenvalue weighted by molar-refractivity contribution is -0.384. The number of nitro benzene ring substituents is 1. The zero-order chi connectivity index (χ0) is 9.14. The zero-order valence-corrected chi connectivity index (χ0v) is 9.11. The summed E-state index contributed by atoms with van der Waals surface area (Å²) in [6.07, 6.45) is 0. The van der Waals surface area contributed by atoms with Gasteiger partial charge in [-0.1, -0.05) is 0 Å². The Morgan fingerprint density at radius 2 is 2.15 bits per heavy atom. The Labute approximate surface area is 90.9 Å². The molecule has 0 spiro atoms. The maximum Gasteiger partial charge on any atom is 0.270 e. The highest BCUT2D eigenvalue weighted by Gasteiger charge is 2.09. The van der Waals surface area contributed by atoms with Gasteiger partial charge in [0, 0.05) is 17.7 Å². The quantitative estimate of drug-likeness (QED) is 0.376. The molecule has 1 rings (SSSR count). The fourth-order valence-corrected chi connectivity index (χ4v) is 1.11. The van der Waals surface area contributed by atoms with Crippen LogP contribution in [0.3, 0.4) is 0 Å². The van der Waals surface area contributed by atoms with Crippen molar-refractivity contribution in [2.75, 3.05) is 0 Å². The number of aromatic hydroxyl groups is 1. The zero-order valence-electron chi connectivity index (χ0n) is 6.53. The number of nitrogens with zero attached hydrogens (tertiary/aromatic N) is 1. The molecule has 0 bridgehead atoms. The number of halogens is 1. The highest BCUT2D eigenvalue weighted by Crippen LogP contribution is 2.22. The van der Waals surface area contributed by atoms with Crippen molar-refractivity contribution in [3.8, 4) is 5.75 Å². The second-order valence-corrected chi connectivity index (χ2v) is 2.60. The van der Waals surface area contributed by atoms with Crippen LogP contribution in [0.25, 0.3) is 0 Å². The summed E-state index contributed by atoms with van der Waals surface area (Å²) in [5, 5.41) is 19.5. The average molecular weight is 266 g/mol. The van der Waals surface area contributed by atoms with Crippen LogP contribution in [-0.4, -0.2) is 10.0 Å². The summed E-state index contributed by atoms with van der Waals surface area (Å²) in [5.74, 6) is 0.462. The van der Waals surface area contributed by atoms with Gasteiger partial charge in [-0.3, -0.25) is 10.1 Å². The molecule has 6 heteroatoms. The number of non-ortho nitro benzene ring substituents is 1. The minimum atomic E-state index is -0.495. The molecule has 0 aliphatic carbocycles. The molecule has 13 heavy (non-hydrogen) atoms. The Kier molecular flexibility index (Phi) is 4.79. The number of benzene rings is 1. The average Bonchev–Trinajstić information content (AvgIpc) is 2.05. The van der Waals surface area contributed by atoms with Gasteiger partial charge in [-0.25, -0.2) is 0 Å². The number of phenols is 1. The van der Waals surface area contributed by atoms with Crippen LogP contribution >= 0.6 is 0 Å². The van der Waals surface area contributed by atoms with E-state index in [9.17, 15) is 10.1 Å². The topological polar surface area (TPSA) is 63.4 Å². The molecular weight excluding hydrogens is 258 g/mol. The van der Waals surface area contributed by atoms with Crippen molar-refractivity contribution in [2.24, 2.45) is 0 Å². The second-order valence-electron chi connectivity index (χ2n) is 2.25. The monoisotopic (exact) mass is 265 g/mol. The van der Waals surface area contributed by atoms with Gasteiger partial charge < -0.3 is 22.1 Å². The Balaban J connectivity index is 0.00000144. The van der Waals surface area contributed by atoms with Gasteiger partial charge in [-0.05, 0) is 18.7 Å². The molecular formula is C7H8BrNO3S. The molecule has 72 valence electrons. The molecule has 1 aromatic rings. The molecule has 0 heterocycles. The fraction of sp³-hybridized carbons (Fsp3) is 0.143. The molecule has 1 aromatic carbocycles. The normalized spacial score (nSPS) is 9.00. The van der Waals surface area contributed by atoms with E-state index in [1.807, 2.05) is 0 Å². The molecule has 0 saturated heterocycles. The molecule has 0 aliphatic rings. The minimum Gasteiger partial charge on any atom is -1.00 e. The van der Waals surface area contributed by atoms with E-state index in [-0.39, 0.29) is 28.4 Å². The molecule has 0 saturated carbocycles. The molecule has 0 radical (unpaired) electrons. The van der Waals surface area contributed by atoms with Crippen molar-refractivity contribution in [2.45, 2.75) is 5.75 Å². The lowest BCUT2D eigenvalue weighted by Gasteiger charge is -1.96. The predicted molar refractivity (Wildman–Crippen MR) is 48.6 cm³/mol. The first-order valence-corrected chi connectivity index (χ1v) is 3.96. The molecule has 0 atom stereocenters. The summed E-state index contributed by atoms with van der Waals surface area (Å²) in [4.78, 5) is 9.79. The van der Waals surface area contributed by atoms with E-state index in [1.54, 1.807) is 0 Å². The van der Waals surface area contributed by atoms with Gasteiger partial charge in [0.2, 0.25) is 0 Å². The first-order valence-electron chi connectivity index (χ1n) is 3.26. The number of rotatable bonds is 2. The predicted octanol–water partition coefficient (Wildman–Crippen LogP) is -2.18. The third kappa shape index (κ3) is 2.89. The van der Waals surface area contributed by atoms with Gasteiger partial charge in [-0.15, -0.1) is 0 Å². The Morgan fingerprint density at radius 3 is 2.62 bits per heavy atom. The van der Waals surface area contributed by atoms with Crippen molar-refractivity contribution >= 4 is 18.3 Å². The van der Waals surface area contributed by atoms with Crippen LogP contribution in [0.2, 0.25) is 0 Å². The van der Waals surface area contributed by atoms with Gasteiger partial charge in [0.05, 0.1) is 4.92 Å². The third-order valence-corrected chi connectivity index (χ3v) is 1.85. The molecule has 1 N–H and O–H groups in total. The summed E-state index contributed by atoms with van der Waals surface area (Å²) >= 11 is 3.16. The van der Waals surface area contributed by atoms with Crippen molar-refractivity contribution in [1.82, 2.24) is 0 Å². The van der Waals surface area contributed by atoms with E-state index in [0.717, 1.165) is 0 Å². The number of hydrogen-bond acceptors (Lipinski definition) is 3. The van der Waals surface area contributed by atoms with Crippen molar-refractivity contribution in [1.29, 1.82) is 0 Å². The van der Waals surface area contributed by atoms with Crippen molar-refractivity contribution < 1.29 is 27.0 Å². The SMILES string of the molecule is O=[N+]([O-])c1ccc(O)c(C[SH2+])c1.[Br-]. The third-order valence-electron chi connectivity index (χ3n) is 1.46. The van der Waals surface area contributed by atoms with E-state index in [2.05, 4.69) is 12.6 Å². The molecule has 0 aliphatic heterocycles. The van der Waals surface area contributed by atoms with Crippen LogP contribution in [0.4, 0.5) is 5.69 Å². The Morgan fingerprint density at radius 1 is 1.54 bits per heavy atom. The number of nitro groups is 1. The minimum absolute atomic E-state index is 0. The molecule has 0 unspecified atom stereocenters. The van der Waals surface area contributed by atoms with Gasteiger partial charge in [-0.2, -0.15) is 0 Å². The van der Waals surface area contributed by atoms with Crippen LogP contribution in [0, 0.1) is 10.1 Å². The lowest BCUT2D eigenvalue weighted by atomic mass is 10.2. The van der Waals surface area contributed by atoms with E-state index >= 15 is 0 Å². The van der Waals surface area contributed by atoms with Gasteiger partial charge >= 0.3 is 0 Å². The van der Waals surface area contributed by atoms with Crippen LogP contribution in [0.1, 0.15) is 5.56 Å². The molecule has 0 amide bonds. The summed E-state index contributed by atoms with van der Waals surface area (Å²) in [6, 6.07) is 3.91. The van der Waals surface area contributed by atoms with Crippen LogP contribution < -0.4 is 17.0 Å². The van der Waals surface area contributed by atoms with Gasteiger partial charge in [0.15, 0.2) is 0 Å². The van der Waals surface area contributed by atoms with Crippen molar-refractivity contribution in [3.63, 3.8) is 0 Å². The fourth-order valence-electron chi connectivity index (χ4n) is 0.827. The molecule has 0 fully saturated rings. The van der Waals surface area contributed by atoms with Crippen LogP contribution in [-0.2, 0) is 18.4 Å². The summed E-state index contributed by atoms with van der Waals surface area (Å²) in [7, 11) is 0. The van der Waals surface area contributed by atoms with E-state index in [4.69, 9.17) is 5.11 Å². The van der Waals surface area contributed by atoms with E-state index in [0.29, 0.717) is 11.3 Å². The van der Waals surface area contributed by atoms with E-state index in [1.165, 1.54) is 18.2 Å². The lowest BCUT2D eigenvalue weighted by Crippen LogP contribution is -3.00. The smallest absolute Gasteiger partial charge is 0.270 e. The highest BCUT2D eigenvalue weighted by molar-refractivity contribution is 7.57. The standard InChI is InChI=1S/C7H7NO3S.BrH/c9-7-2-1-6(8(10)11)3-5(7)4-12;/h1-3,9,12H,4H2;1H. The number of phenolic OH excluding ortho intramolecular Hbond substituents is 1. The maximum absolute atomic E-state index is 10.3. The van der Waals surface area contributed by atoms with Crippen molar-refractivity contribution in [3.05, 3.63) is 33.9 Å². The number of hydrogen-bond donors (Lipinski definition) is 1. The van der Waals surface area contributed by atoms with Gasteiger partial charge in [0.25, 0.3) is 5.69 Å². The Hall–Kier alpha value is -0.750. The summed E-state index contributed by atoms with van der Waals surface area (Å²) in [6.45, 7) is 0. The Bertz CT molecular complexity index is 319.